The van der Waals surface area contributed by atoms with Crippen LogP contribution >= 0.6 is 0 Å². The Morgan fingerprint density at radius 3 is 2.86 bits per heavy atom. The quantitative estimate of drug-likeness (QED) is 0.927. The van der Waals surface area contributed by atoms with Crippen LogP contribution in [0.25, 0.3) is 0 Å². The predicted octanol–water partition coefficient (Wildman–Crippen LogP) is 2.94. The number of hydrogen-bond donors (Lipinski definition) is 1. The van der Waals surface area contributed by atoms with Crippen LogP contribution in [0.4, 0.5) is 4.39 Å². The molecule has 1 saturated carbocycles. The Morgan fingerprint density at radius 1 is 1.29 bits per heavy atom. The van der Waals surface area contributed by atoms with Crippen LogP contribution in [0, 0.1) is 5.82 Å². The molecule has 1 saturated heterocycles. The van der Waals surface area contributed by atoms with Crippen molar-refractivity contribution in [1.82, 2.24) is 10.2 Å². The van der Waals surface area contributed by atoms with Crippen LogP contribution in [0.2, 0.25) is 0 Å². The minimum atomic E-state index is -0.182. The number of piperazine rings is 1. The molecule has 0 radical (unpaired) electrons. The first kappa shape index (κ1) is 14.8. The van der Waals surface area contributed by atoms with E-state index >= 15 is 0 Å². The molecule has 1 aromatic rings. The number of methoxy groups -OCH3 is 1. The minimum Gasteiger partial charge on any atom is -0.496 e. The van der Waals surface area contributed by atoms with Crippen molar-refractivity contribution < 1.29 is 9.13 Å². The molecule has 0 unspecified atom stereocenters. The Morgan fingerprint density at radius 2 is 2.10 bits per heavy atom. The van der Waals surface area contributed by atoms with Gasteiger partial charge < -0.3 is 10.1 Å². The molecule has 116 valence electrons. The highest BCUT2D eigenvalue weighted by atomic mass is 19.1. The van der Waals surface area contributed by atoms with Crippen molar-refractivity contribution in [2.75, 3.05) is 26.7 Å². The zero-order valence-electron chi connectivity index (χ0n) is 12.8. The molecule has 21 heavy (non-hydrogen) atoms. The molecule has 0 bridgehead atoms. The molecule has 1 spiro atoms. The third-order valence-corrected chi connectivity index (χ3v) is 5.07. The fraction of sp³-hybridized carbons (Fsp3) is 0.647. The van der Waals surface area contributed by atoms with Gasteiger partial charge in [0.05, 0.1) is 7.11 Å². The van der Waals surface area contributed by atoms with Crippen LogP contribution < -0.4 is 10.1 Å². The van der Waals surface area contributed by atoms with Gasteiger partial charge in [-0.05, 0) is 31.0 Å². The van der Waals surface area contributed by atoms with Crippen molar-refractivity contribution in [3.63, 3.8) is 0 Å². The summed E-state index contributed by atoms with van der Waals surface area (Å²) in [5.74, 6) is 0.611. The van der Waals surface area contributed by atoms with Gasteiger partial charge in [-0.1, -0.05) is 19.3 Å². The second kappa shape index (κ2) is 6.32. The maximum Gasteiger partial charge on any atom is 0.123 e. The summed E-state index contributed by atoms with van der Waals surface area (Å²) in [4.78, 5) is 2.56. The van der Waals surface area contributed by atoms with Crippen molar-refractivity contribution in [3.05, 3.63) is 29.6 Å². The Kier molecular flexibility index (Phi) is 4.45. The fourth-order valence-corrected chi connectivity index (χ4v) is 3.91. The summed E-state index contributed by atoms with van der Waals surface area (Å²) < 4.78 is 19.0. The van der Waals surface area contributed by atoms with Gasteiger partial charge in [0.1, 0.15) is 11.6 Å². The van der Waals surface area contributed by atoms with Crippen LogP contribution in [0.1, 0.15) is 37.7 Å². The Bertz CT molecular complexity index is 477. The number of rotatable bonds is 3. The summed E-state index contributed by atoms with van der Waals surface area (Å²) in [5, 5.41) is 3.55. The molecular formula is C17H25FN2O. The van der Waals surface area contributed by atoms with E-state index in [2.05, 4.69) is 10.2 Å². The van der Waals surface area contributed by atoms with Crippen molar-refractivity contribution in [2.24, 2.45) is 0 Å². The molecule has 1 aromatic carbocycles. The van der Waals surface area contributed by atoms with Gasteiger partial charge in [0.2, 0.25) is 0 Å². The molecule has 2 fully saturated rings. The Hall–Kier alpha value is -1.13. The maximum absolute atomic E-state index is 13.6. The van der Waals surface area contributed by atoms with Crippen LogP contribution in [0.3, 0.4) is 0 Å². The van der Waals surface area contributed by atoms with Crippen LogP contribution in [-0.4, -0.2) is 37.2 Å². The monoisotopic (exact) mass is 292 g/mol. The van der Waals surface area contributed by atoms with Crippen molar-refractivity contribution in [3.8, 4) is 5.75 Å². The van der Waals surface area contributed by atoms with E-state index in [1.165, 1.54) is 38.2 Å². The highest BCUT2D eigenvalue weighted by Gasteiger charge is 2.39. The van der Waals surface area contributed by atoms with E-state index in [0.29, 0.717) is 0 Å². The molecule has 4 heteroatoms. The summed E-state index contributed by atoms with van der Waals surface area (Å²) in [5.41, 5.74) is 1.22. The summed E-state index contributed by atoms with van der Waals surface area (Å²) in [6, 6.07) is 4.83. The molecule has 3 rings (SSSR count). The molecule has 1 aliphatic carbocycles. The number of ether oxygens (including phenoxy) is 1. The third kappa shape index (κ3) is 3.06. The first-order valence-corrected chi connectivity index (χ1v) is 8.02. The predicted molar refractivity (Wildman–Crippen MR) is 82.0 cm³/mol. The summed E-state index contributed by atoms with van der Waals surface area (Å²) in [6.07, 6.45) is 6.45. The molecule has 0 aromatic heterocycles. The zero-order valence-corrected chi connectivity index (χ0v) is 12.8. The van der Waals surface area contributed by atoms with E-state index in [4.69, 9.17) is 4.74 Å². The average molecular weight is 292 g/mol. The molecule has 3 nitrogen and oxygen atoms in total. The fourth-order valence-electron chi connectivity index (χ4n) is 3.91. The molecule has 0 atom stereocenters. The van der Waals surface area contributed by atoms with Crippen molar-refractivity contribution >= 4 is 0 Å². The van der Waals surface area contributed by atoms with Crippen molar-refractivity contribution in [2.45, 2.75) is 44.2 Å². The van der Waals surface area contributed by atoms with Gasteiger partial charge in [0, 0.05) is 37.3 Å². The zero-order chi connectivity index (χ0) is 14.7. The van der Waals surface area contributed by atoms with Gasteiger partial charge >= 0.3 is 0 Å². The lowest BCUT2D eigenvalue weighted by Gasteiger charge is -2.50. The molecule has 1 N–H and O–H groups in total. The largest absolute Gasteiger partial charge is 0.496 e. The maximum atomic E-state index is 13.6. The average Bonchev–Trinajstić information content (AvgIpc) is 2.51. The van der Waals surface area contributed by atoms with E-state index in [9.17, 15) is 4.39 Å². The summed E-state index contributed by atoms with van der Waals surface area (Å²) in [6.45, 7) is 3.88. The molecule has 0 amide bonds. The molecular weight excluding hydrogens is 267 g/mol. The molecule has 1 heterocycles. The van der Waals surface area contributed by atoms with E-state index < -0.39 is 0 Å². The highest BCUT2D eigenvalue weighted by molar-refractivity contribution is 5.34. The summed E-state index contributed by atoms with van der Waals surface area (Å²) >= 11 is 0. The number of nitrogens with zero attached hydrogens (tertiary/aromatic N) is 1. The van der Waals surface area contributed by atoms with E-state index in [0.717, 1.165) is 37.5 Å². The molecule has 2 aliphatic rings. The van der Waals surface area contributed by atoms with Crippen LogP contribution in [-0.2, 0) is 6.54 Å². The van der Waals surface area contributed by atoms with E-state index in [1.807, 2.05) is 0 Å². The second-order valence-electron chi connectivity index (χ2n) is 6.34. The van der Waals surface area contributed by atoms with Crippen LogP contribution in [0.15, 0.2) is 18.2 Å². The van der Waals surface area contributed by atoms with Gasteiger partial charge in [-0.3, -0.25) is 4.90 Å². The van der Waals surface area contributed by atoms with Gasteiger partial charge in [0.25, 0.3) is 0 Å². The van der Waals surface area contributed by atoms with Crippen LogP contribution in [0.5, 0.6) is 5.75 Å². The van der Waals surface area contributed by atoms with Gasteiger partial charge in [-0.2, -0.15) is 0 Å². The smallest absolute Gasteiger partial charge is 0.123 e. The lowest BCUT2D eigenvalue weighted by molar-refractivity contribution is 0.0203. The number of hydrogen-bond acceptors (Lipinski definition) is 3. The number of nitrogens with one attached hydrogen (secondary N) is 1. The van der Waals surface area contributed by atoms with Gasteiger partial charge in [-0.15, -0.1) is 0 Å². The minimum absolute atomic E-state index is 0.182. The van der Waals surface area contributed by atoms with E-state index in [-0.39, 0.29) is 11.4 Å². The van der Waals surface area contributed by atoms with Crippen molar-refractivity contribution in [1.29, 1.82) is 0 Å². The number of halogens is 1. The highest BCUT2D eigenvalue weighted by Crippen LogP contribution is 2.36. The first-order valence-electron chi connectivity index (χ1n) is 8.02. The summed E-state index contributed by atoms with van der Waals surface area (Å²) in [7, 11) is 1.66. The van der Waals surface area contributed by atoms with E-state index in [1.54, 1.807) is 19.2 Å². The lowest BCUT2D eigenvalue weighted by Crippen LogP contribution is -2.61. The SMILES string of the molecule is COc1ccc(F)cc1CN1CCNCC12CCCCC2. The topological polar surface area (TPSA) is 24.5 Å². The lowest BCUT2D eigenvalue weighted by atomic mass is 9.79. The normalized spacial score (nSPS) is 22.4. The van der Waals surface area contributed by atoms with Gasteiger partial charge in [-0.25, -0.2) is 4.39 Å². The first-order chi connectivity index (χ1) is 10.2. The Balaban J connectivity index is 1.83. The number of benzene rings is 1. The molecule has 1 aliphatic heterocycles. The third-order valence-electron chi connectivity index (χ3n) is 5.07. The van der Waals surface area contributed by atoms with Gasteiger partial charge in [0.15, 0.2) is 0 Å². The Labute approximate surface area is 126 Å². The standard InChI is InChI=1S/C17H25FN2O/c1-21-16-6-5-15(18)11-14(16)12-20-10-9-19-13-17(20)7-3-2-4-8-17/h5-6,11,19H,2-4,7-10,12-13H2,1H3. The second-order valence-corrected chi connectivity index (χ2v) is 6.34.